The first-order valence-electron chi connectivity index (χ1n) is 11.0. The van der Waals surface area contributed by atoms with E-state index in [4.69, 9.17) is 29.9 Å². The summed E-state index contributed by atoms with van der Waals surface area (Å²) in [7, 11) is 1.33. The van der Waals surface area contributed by atoms with Crippen LogP contribution < -0.4 is 11.1 Å². The Kier molecular flexibility index (Phi) is 11.5. The highest BCUT2D eigenvalue weighted by atomic mass is 16.7. The van der Waals surface area contributed by atoms with Crippen molar-refractivity contribution in [2.75, 3.05) is 46.4 Å². The second-order valence-corrected chi connectivity index (χ2v) is 8.16. The lowest BCUT2D eigenvalue weighted by Gasteiger charge is -2.46. The van der Waals surface area contributed by atoms with Gasteiger partial charge < -0.3 is 65.9 Å². The predicted octanol–water partition coefficient (Wildman–Crippen LogP) is -4.55. The quantitative estimate of drug-likeness (QED) is 0.0546. The summed E-state index contributed by atoms with van der Waals surface area (Å²) >= 11 is 0. The molecule has 34 heavy (non-hydrogen) atoms. The lowest BCUT2D eigenvalue weighted by Crippen LogP contribution is -2.65. The van der Waals surface area contributed by atoms with Gasteiger partial charge in [0.1, 0.15) is 48.8 Å². The van der Waals surface area contributed by atoms with Crippen molar-refractivity contribution in [2.45, 2.75) is 68.1 Å². The normalized spacial score (nSPS) is 39.2. The van der Waals surface area contributed by atoms with Gasteiger partial charge in [-0.2, -0.15) is 0 Å². The third kappa shape index (κ3) is 6.82. The zero-order valence-electron chi connectivity index (χ0n) is 19.2. The Morgan fingerprint density at radius 2 is 1.74 bits per heavy atom. The van der Waals surface area contributed by atoms with Crippen molar-refractivity contribution >= 4 is 0 Å². The Bertz CT molecular complexity index is 633. The second kappa shape index (κ2) is 13.6. The highest BCUT2D eigenvalue weighted by molar-refractivity contribution is 4.95. The molecule has 10 atom stereocenters. The van der Waals surface area contributed by atoms with Crippen LogP contribution in [0.2, 0.25) is 0 Å². The highest BCUT2D eigenvalue weighted by Crippen LogP contribution is 2.29. The van der Waals surface area contributed by atoms with Crippen LogP contribution in [0.1, 0.15) is 6.92 Å². The van der Waals surface area contributed by atoms with Crippen LogP contribution >= 0.6 is 0 Å². The minimum atomic E-state index is -1.57. The van der Waals surface area contributed by atoms with E-state index in [9.17, 15) is 30.7 Å². The number of hydrogen-bond acceptors (Lipinski definition) is 13. The SMILES string of the molecule is CO[C@H]1[C@H](O)[C@@H](O)[C@@H](OC2[C@@H](CO)O[C@H](C)[C@H](O)[C@H]2O)O[C@@H]1CNCCN(CCN)[N+]([O-])=NO. The smallest absolute Gasteiger partial charge is 0.230 e. The average molecular weight is 500 g/mol. The van der Waals surface area contributed by atoms with E-state index in [2.05, 4.69) is 10.6 Å². The van der Waals surface area contributed by atoms with Crippen LogP contribution in [0.4, 0.5) is 0 Å². The summed E-state index contributed by atoms with van der Waals surface area (Å²) in [6.45, 7) is 1.79. The van der Waals surface area contributed by atoms with Crippen LogP contribution in [0.3, 0.4) is 0 Å². The lowest BCUT2D eigenvalue weighted by atomic mass is 9.95. The summed E-state index contributed by atoms with van der Waals surface area (Å²) in [5.74, 6) is 0. The van der Waals surface area contributed by atoms with Crippen LogP contribution in [0.5, 0.6) is 0 Å². The highest BCUT2D eigenvalue weighted by Gasteiger charge is 2.50. The molecule has 2 aliphatic rings. The van der Waals surface area contributed by atoms with Crippen LogP contribution in [0.25, 0.3) is 0 Å². The molecule has 16 heteroatoms. The fourth-order valence-corrected chi connectivity index (χ4v) is 4.01. The fraction of sp³-hybridized carbons (Fsp3) is 1.00. The monoisotopic (exact) mass is 499 g/mol. The summed E-state index contributed by atoms with van der Waals surface area (Å²) in [4.78, 5) is 0.0119. The van der Waals surface area contributed by atoms with Gasteiger partial charge in [-0.3, -0.25) is 0 Å². The van der Waals surface area contributed by atoms with E-state index in [-0.39, 0.29) is 37.7 Å². The van der Waals surface area contributed by atoms with Gasteiger partial charge in [-0.15, -0.1) is 5.01 Å². The summed E-state index contributed by atoms with van der Waals surface area (Å²) in [5, 5.41) is 78.0. The zero-order valence-corrected chi connectivity index (χ0v) is 19.2. The summed E-state index contributed by atoms with van der Waals surface area (Å²) < 4.78 is 22.2. The van der Waals surface area contributed by atoms with Crippen molar-refractivity contribution < 1.29 is 54.7 Å². The van der Waals surface area contributed by atoms with Crippen molar-refractivity contribution in [3.8, 4) is 0 Å². The molecule has 0 aliphatic carbocycles. The van der Waals surface area contributed by atoms with Gasteiger partial charge in [-0.25, -0.2) is 0 Å². The lowest BCUT2D eigenvalue weighted by molar-refractivity contribution is -0.709. The van der Waals surface area contributed by atoms with Crippen molar-refractivity contribution in [3.05, 3.63) is 5.21 Å². The number of hydrazine groups is 1. The molecule has 16 nitrogen and oxygen atoms in total. The first-order chi connectivity index (χ1) is 16.2. The molecular weight excluding hydrogens is 462 g/mol. The van der Waals surface area contributed by atoms with Crippen molar-refractivity contribution in [1.82, 2.24) is 10.3 Å². The third-order valence-electron chi connectivity index (χ3n) is 5.91. The van der Waals surface area contributed by atoms with Gasteiger partial charge in [0, 0.05) is 26.7 Å². The number of nitrogens with one attached hydrogen (secondary N) is 1. The minimum Gasteiger partial charge on any atom is -0.569 e. The molecule has 200 valence electrons. The second-order valence-electron chi connectivity index (χ2n) is 8.16. The number of nitrogens with zero attached hydrogens (tertiary/aromatic N) is 3. The molecule has 0 aromatic heterocycles. The Hall–Kier alpha value is -1.44. The van der Waals surface area contributed by atoms with Gasteiger partial charge in [0.2, 0.25) is 5.28 Å². The van der Waals surface area contributed by atoms with Crippen molar-refractivity contribution in [3.63, 3.8) is 0 Å². The molecule has 0 aromatic rings. The maximum Gasteiger partial charge on any atom is 0.230 e. The molecule has 9 N–H and O–H groups in total. The van der Waals surface area contributed by atoms with E-state index in [0.29, 0.717) is 0 Å². The van der Waals surface area contributed by atoms with Crippen molar-refractivity contribution in [2.24, 2.45) is 11.0 Å². The van der Waals surface area contributed by atoms with Crippen LogP contribution in [0.15, 0.2) is 5.28 Å². The van der Waals surface area contributed by atoms with Gasteiger partial charge in [-0.05, 0) is 6.92 Å². The molecule has 0 spiro atoms. The van der Waals surface area contributed by atoms with Gasteiger partial charge in [0.05, 0.1) is 30.8 Å². The Morgan fingerprint density at radius 1 is 1.06 bits per heavy atom. The third-order valence-corrected chi connectivity index (χ3v) is 5.91. The van der Waals surface area contributed by atoms with E-state index < -0.39 is 67.8 Å². The first kappa shape index (κ1) is 28.8. The fourth-order valence-electron chi connectivity index (χ4n) is 4.01. The van der Waals surface area contributed by atoms with E-state index in [1.165, 1.54) is 14.0 Å². The van der Waals surface area contributed by atoms with Crippen LogP contribution in [0, 0.1) is 5.21 Å². The average Bonchev–Trinajstić information content (AvgIpc) is 2.83. The van der Waals surface area contributed by atoms with Gasteiger partial charge in [-0.1, -0.05) is 0 Å². The summed E-state index contributed by atoms with van der Waals surface area (Å²) in [6.07, 6.45) is -12.0. The Balaban J connectivity index is 2.02. The first-order valence-corrected chi connectivity index (χ1v) is 11.0. The molecule has 0 radical (unpaired) electrons. The predicted molar refractivity (Wildman–Crippen MR) is 111 cm³/mol. The molecule has 0 saturated carbocycles. The number of ether oxygens (including phenoxy) is 4. The van der Waals surface area contributed by atoms with E-state index in [1.807, 2.05) is 0 Å². The molecule has 1 unspecified atom stereocenters. The molecule has 2 heterocycles. The number of methoxy groups -OCH3 is 1. The number of aliphatic hydroxyl groups is 5. The molecule has 2 fully saturated rings. The maximum atomic E-state index is 11.5. The summed E-state index contributed by atoms with van der Waals surface area (Å²) in [6, 6.07) is 0. The molecule has 0 bridgehead atoms. The van der Waals surface area contributed by atoms with Crippen LogP contribution in [-0.4, -0.2) is 148 Å². The number of hydrogen-bond donors (Lipinski definition) is 8. The van der Waals surface area contributed by atoms with E-state index in [1.54, 1.807) is 0 Å². The van der Waals surface area contributed by atoms with Crippen LogP contribution in [-0.2, 0) is 18.9 Å². The summed E-state index contributed by atoms with van der Waals surface area (Å²) in [5.41, 5.74) is 5.43. The van der Waals surface area contributed by atoms with E-state index in [0.717, 1.165) is 5.01 Å². The standard InChI is InChI=1S/C18H37N5O11/c1-9-12(25)13(26)17(11(8-24)32-9)34-18-15(28)14(27)16(31-2)10(33-18)7-20-4-6-22(5-3-19)23(30)21-29/h9-18,20,24-29H,3-8,19H2,1-2H3/t9-,10-,11-,12+,13-,14-,15-,16-,17?,18-/m1/s1. The number of rotatable bonds is 12. The molecule has 2 saturated heterocycles. The molecule has 0 amide bonds. The molecule has 2 aliphatic heterocycles. The molecular formula is C18H37N5O11. The zero-order chi connectivity index (χ0) is 25.4. The Morgan fingerprint density at radius 3 is 2.32 bits per heavy atom. The van der Waals surface area contributed by atoms with Gasteiger partial charge >= 0.3 is 0 Å². The van der Waals surface area contributed by atoms with Gasteiger partial charge in [0.15, 0.2) is 6.29 Å². The number of aliphatic hydroxyl groups excluding tert-OH is 5. The topological polar surface area (TPSA) is 238 Å². The Labute approximate surface area is 196 Å². The largest absolute Gasteiger partial charge is 0.569 e. The minimum absolute atomic E-state index is 0.0119. The maximum absolute atomic E-state index is 11.5. The molecule has 0 aromatic carbocycles. The van der Waals surface area contributed by atoms with Gasteiger partial charge in [0.25, 0.3) is 0 Å². The van der Waals surface area contributed by atoms with E-state index >= 15 is 0 Å². The van der Waals surface area contributed by atoms with Crippen molar-refractivity contribution in [1.29, 1.82) is 0 Å². The molecule has 2 rings (SSSR count). The number of nitrogens with two attached hydrogens (primary N) is 1.